The van der Waals surface area contributed by atoms with Crippen LogP contribution < -0.4 is 14.2 Å². The summed E-state index contributed by atoms with van der Waals surface area (Å²) in [4.78, 5) is 17.9. The summed E-state index contributed by atoms with van der Waals surface area (Å²) in [6.07, 6.45) is 3.95. The molecule has 1 amide bonds. The topological polar surface area (TPSA) is 81.9 Å². The number of para-hydroxylation sites is 1. The highest BCUT2D eigenvalue weighted by Crippen LogP contribution is 2.33. The molecule has 1 aromatic heterocycles. The average Bonchev–Trinajstić information content (AvgIpc) is 3.35. The smallest absolute Gasteiger partial charge is 0.257 e. The molecule has 2 aliphatic heterocycles. The molecule has 2 aliphatic rings. The van der Waals surface area contributed by atoms with Crippen LogP contribution in [0.5, 0.6) is 17.2 Å². The van der Waals surface area contributed by atoms with Crippen LogP contribution in [0.4, 0.5) is 0 Å². The second-order valence-corrected chi connectivity index (χ2v) is 10.0. The first-order valence-corrected chi connectivity index (χ1v) is 12.9. The first-order chi connectivity index (χ1) is 18.0. The second-order valence-electron chi connectivity index (χ2n) is 10.0. The number of nitrogens with zero attached hydrogens (tertiary/aromatic N) is 5. The fourth-order valence-electron chi connectivity index (χ4n) is 5.22. The number of aryl methyl sites for hydroxylation is 1. The summed E-state index contributed by atoms with van der Waals surface area (Å²) in [5.41, 5.74) is 3.43. The summed E-state index contributed by atoms with van der Waals surface area (Å²) in [6.45, 7) is 6.25. The summed E-state index contributed by atoms with van der Waals surface area (Å²) in [5, 5.41) is 8.47. The maximum Gasteiger partial charge on any atom is 0.257 e. The molecule has 196 valence electrons. The SMILES string of the molecule is COc1cccc2c1OCc1cn(nn1)CCOc1ccc(C)cc1C(=O)N1CCCC(CN(C)C2)C1. The maximum atomic E-state index is 13.6. The predicted octanol–water partition coefficient (Wildman–Crippen LogP) is 3.55. The highest BCUT2D eigenvalue weighted by atomic mass is 16.5. The minimum absolute atomic E-state index is 0.0375. The Morgan fingerprint density at radius 2 is 2.00 bits per heavy atom. The molecule has 2 aromatic carbocycles. The van der Waals surface area contributed by atoms with Crippen LogP contribution in [0.1, 0.15) is 40.0 Å². The molecule has 0 saturated carbocycles. The average molecular weight is 506 g/mol. The lowest BCUT2D eigenvalue weighted by atomic mass is 9.96. The van der Waals surface area contributed by atoms with Crippen LogP contribution in [0, 0.1) is 12.8 Å². The quantitative estimate of drug-likeness (QED) is 0.500. The van der Waals surface area contributed by atoms with E-state index in [0.717, 1.165) is 55.0 Å². The van der Waals surface area contributed by atoms with Crippen LogP contribution in [-0.4, -0.2) is 71.1 Å². The largest absolute Gasteiger partial charge is 0.493 e. The number of carbonyl (C=O) groups excluding carboxylic acids is 1. The van der Waals surface area contributed by atoms with Gasteiger partial charge in [0, 0.05) is 31.7 Å². The van der Waals surface area contributed by atoms with Gasteiger partial charge >= 0.3 is 0 Å². The van der Waals surface area contributed by atoms with E-state index in [-0.39, 0.29) is 12.5 Å². The fourth-order valence-corrected chi connectivity index (χ4v) is 5.22. The van der Waals surface area contributed by atoms with Crippen molar-refractivity contribution in [1.82, 2.24) is 24.8 Å². The van der Waals surface area contributed by atoms with Crippen LogP contribution in [-0.2, 0) is 19.7 Å². The number of hydrogen-bond acceptors (Lipinski definition) is 7. The van der Waals surface area contributed by atoms with E-state index in [1.165, 1.54) is 0 Å². The van der Waals surface area contributed by atoms with E-state index in [4.69, 9.17) is 14.2 Å². The number of rotatable bonds is 1. The Morgan fingerprint density at radius 3 is 2.86 bits per heavy atom. The van der Waals surface area contributed by atoms with E-state index in [1.807, 2.05) is 48.4 Å². The third-order valence-electron chi connectivity index (χ3n) is 6.99. The number of aromatic nitrogens is 3. The number of amides is 1. The maximum absolute atomic E-state index is 13.6. The number of ether oxygens (including phenoxy) is 3. The number of benzene rings is 2. The van der Waals surface area contributed by atoms with Crippen molar-refractivity contribution in [3.05, 3.63) is 65.0 Å². The molecule has 0 N–H and O–H groups in total. The van der Waals surface area contributed by atoms with Gasteiger partial charge in [0.2, 0.25) is 0 Å². The fraction of sp³-hybridized carbons (Fsp3) is 0.464. The molecule has 3 aromatic rings. The van der Waals surface area contributed by atoms with Crippen molar-refractivity contribution in [3.63, 3.8) is 0 Å². The van der Waals surface area contributed by atoms with Crippen LogP contribution in [0.25, 0.3) is 0 Å². The van der Waals surface area contributed by atoms with E-state index in [0.29, 0.717) is 42.7 Å². The standard InChI is InChI=1S/C28H35N5O4/c1-20-9-10-25-24(14-20)28(34)32-11-5-6-21(16-32)15-31(2)17-22-7-4-8-26(35-3)27(22)37-19-23-18-33(30-29-23)12-13-36-25/h4,7-10,14,18,21H,5-6,11-13,15-17,19H2,1-3H3. The lowest BCUT2D eigenvalue weighted by Gasteiger charge is -2.35. The van der Waals surface area contributed by atoms with Gasteiger partial charge in [-0.2, -0.15) is 0 Å². The van der Waals surface area contributed by atoms with Gasteiger partial charge in [-0.1, -0.05) is 29.0 Å². The molecule has 0 spiro atoms. The van der Waals surface area contributed by atoms with Crippen molar-refractivity contribution in [1.29, 1.82) is 0 Å². The summed E-state index contributed by atoms with van der Waals surface area (Å²) in [7, 11) is 3.77. The number of methoxy groups -OCH3 is 1. The van der Waals surface area contributed by atoms with Gasteiger partial charge in [0.15, 0.2) is 11.5 Å². The first-order valence-electron chi connectivity index (χ1n) is 12.9. The molecule has 1 saturated heterocycles. The van der Waals surface area contributed by atoms with E-state index >= 15 is 0 Å². The van der Waals surface area contributed by atoms with Gasteiger partial charge in [0.25, 0.3) is 5.91 Å². The normalized spacial score (nSPS) is 19.4. The lowest BCUT2D eigenvalue weighted by Crippen LogP contribution is -2.43. The Hall–Kier alpha value is -3.59. The second kappa shape index (κ2) is 11.2. The molecular weight excluding hydrogens is 470 g/mol. The van der Waals surface area contributed by atoms with Gasteiger partial charge in [0.05, 0.1) is 25.4 Å². The van der Waals surface area contributed by atoms with E-state index in [1.54, 1.807) is 11.8 Å². The number of piperidine rings is 1. The molecule has 0 radical (unpaired) electrons. The molecule has 3 heterocycles. The van der Waals surface area contributed by atoms with Crippen molar-refractivity contribution in [2.45, 2.75) is 39.5 Å². The molecule has 1 atom stereocenters. The zero-order chi connectivity index (χ0) is 25.8. The van der Waals surface area contributed by atoms with Gasteiger partial charge in [-0.15, -0.1) is 5.10 Å². The van der Waals surface area contributed by atoms with Crippen molar-refractivity contribution in [3.8, 4) is 17.2 Å². The lowest BCUT2D eigenvalue weighted by molar-refractivity contribution is 0.0641. The molecule has 0 aliphatic carbocycles. The Balaban J connectivity index is 1.44. The van der Waals surface area contributed by atoms with Gasteiger partial charge in [-0.25, -0.2) is 4.68 Å². The Labute approximate surface area is 217 Å². The minimum atomic E-state index is 0.0375. The van der Waals surface area contributed by atoms with E-state index in [2.05, 4.69) is 28.3 Å². The summed E-state index contributed by atoms with van der Waals surface area (Å²) >= 11 is 0. The Morgan fingerprint density at radius 1 is 1.11 bits per heavy atom. The monoisotopic (exact) mass is 505 g/mol. The highest BCUT2D eigenvalue weighted by Gasteiger charge is 2.27. The van der Waals surface area contributed by atoms with Crippen molar-refractivity contribution in [2.75, 3.05) is 40.4 Å². The molecule has 5 rings (SSSR count). The highest BCUT2D eigenvalue weighted by molar-refractivity contribution is 5.97. The molecule has 9 nitrogen and oxygen atoms in total. The minimum Gasteiger partial charge on any atom is -0.493 e. The van der Waals surface area contributed by atoms with Gasteiger partial charge < -0.3 is 24.0 Å². The van der Waals surface area contributed by atoms with Crippen LogP contribution in [0.3, 0.4) is 0 Å². The number of hydrogen-bond donors (Lipinski definition) is 0. The summed E-state index contributed by atoms with van der Waals surface area (Å²) in [5.74, 6) is 2.46. The first kappa shape index (κ1) is 25.1. The molecular formula is C28H35N5O4. The molecule has 1 unspecified atom stereocenters. The van der Waals surface area contributed by atoms with Crippen molar-refractivity contribution >= 4 is 5.91 Å². The summed E-state index contributed by atoms with van der Waals surface area (Å²) < 4.78 is 19.6. The van der Waals surface area contributed by atoms with Gasteiger partial charge in [-0.05, 0) is 50.9 Å². The Kier molecular flexibility index (Phi) is 7.60. The third kappa shape index (κ3) is 5.88. The zero-order valence-electron chi connectivity index (χ0n) is 21.9. The van der Waals surface area contributed by atoms with Crippen LogP contribution in [0.15, 0.2) is 42.6 Å². The molecule has 37 heavy (non-hydrogen) atoms. The summed E-state index contributed by atoms with van der Waals surface area (Å²) in [6, 6.07) is 11.8. The third-order valence-corrected chi connectivity index (χ3v) is 6.99. The number of carbonyl (C=O) groups is 1. The number of fused-ring (bicyclic) bond motifs is 6. The van der Waals surface area contributed by atoms with Crippen LogP contribution >= 0.6 is 0 Å². The molecule has 4 bridgehead atoms. The van der Waals surface area contributed by atoms with E-state index in [9.17, 15) is 4.79 Å². The molecule has 9 heteroatoms. The van der Waals surface area contributed by atoms with Gasteiger partial charge in [0.1, 0.15) is 24.7 Å². The van der Waals surface area contributed by atoms with E-state index < -0.39 is 0 Å². The Bertz CT molecular complexity index is 1240. The predicted molar refractivity (Wildman–Crippen MR) is 139 cm³/mol. The molecule has 1 fully saturated rings. The van der Waals surface area contributed by atoms with Crippen molar-refractivity contribution in [2.24, 2.45) is 5.92 Å². The van der Waals surface area contributed by atoms with Crippen molar-refractivity contribution < 1.29 is 19.0 Å². The van der Waals surface area contributed by atoms with Crippen LogP contribution in [0.2, 0.25) is 0 Å². The zero-order valence-corrected chi connectivity index (χ0v) is 21.9. The van der Waals surface area contributed by atoms with Gasteiger partial charge in [-0.3, -0.25) is 4.79 Å².